The van der Waals surface area contributed by atoms with E-state index >= 15 is 0 Å². The Balaban J connectivity index is 1.68. The largest absolute Gasteiger partial charge is 0.352 e. The molecule has 2 atom stereocenters. The van der Waals surface area contributed by atoms with Gasteiger partial charge in [0, 0.05) is 38.3 Å². The molecule has 0 unspecified atom stereocenters. The van der Waals surface area contributed by atoms with E-state index in [1.807, 2.05) is 0 Å². The molecule has 3 rings (SSSR count). The highest BCUT2D eigenvalue weighted by molar-refractivity contribution is 7.89. The van der Waals surface area contributed by atoms with E-state index in [-0.39, 0.29) is 23.3 Å². The highest BCUT2D eigenvalue weighted by Crippen LogP contribution is 2.29. The van der Waals surface area contributed by atoms with E-state index in [1.165, 1.54) is 29.9 Å². The van der Waals surface area contributed by atoms with Gasteiger partial charge in [0.05, 0.1) is 19.5 Å². The molecule has 27 heavy (non-hydrogen) atoms. The number of aromatic nitrogens is 2. The predicted molar refractivity (Wildman–Crippen MR) is 102 cm³/mol. The summed E-state index contributed by atoms with van der Waals surface area (Å²) in [5.41, 5.74) is 0. The number of imidazole rings is 1. The minimum absolute atomic E-state index is 0.0186. The Hall–Kier alpha value is -1.00. The first kappa shape index (κ1) is 20.7. The van der Waals surface area contributed by atoms with Crippen LogP contribution in [0.5, 0.6) is 0 Å². The van der Waals surface area contributed by atoms with Gasteiger partial charge < -0.3 is 19.4 Å². The normalized spacial score (nSPS) is 25.3. The highest BCUT2D eigenvalue weighted by Gasteiger charge is 2.44. The van der Waals surface area contributed by atoms with E-state index in [9.17, 15) is 8.42 Å². The number of hydrogen-bond donors (Lipinski definition) is 1. The van der Waals surface area contributed by atoms with Gasteiger partial charge in [-0.3, -0.25) is 0 Å². The third kappa shape index (κ3) is 5.08. The number of rotatable bonds is 9. The quantitative estimate of drug-likeness (QED) is 0.630. The van der Waals surface area contributed by atoms with Crippen molar-refractivity contribution < 1.29 is 17.9 Å². The van der Waals surface area contributed by atoms with Gasteiger partial charge in [-0.25, -0.2) is 13.4 Å². The van der Waals surface area contributed by atoms with Crippen LogP contribution in [-0.4, -0.2) is 67.5 Å². The molecule has 2 aliphatic heterocycles. The maximum absolute atomic E-state index is 13.0. The lowest BCUT2D eigenvalue weighted by molar-refractivity contribution is -0.205. The fourth-order valence-corrected chi connectivity index (χ4v) is 5.20. The van der Waals surface area contributed by atoms with Crippen molar-refractivity contribution in [2.75, 3.05) is 32.8 Å². The van der Waals surface area contributed by atoms with E-state index in [2.05, 4.69) is 17.2 Å². The Kier molecular flexibility index (Phi) is 7.27. The Bertz CT molecular complexity index is 687. The first-order valence-corrected chi connectivity index (χ1v) is 11.4. The minimum Gasteiger partial charge on any atom is -0.352 e. The lowest BCUT2D eigenvalue weighted by Gasteiger charge is -2.31. The number of unbranched alkanes of at least 4 members (excludes halogenated alkanes) is 3. The van der Waals surface area contributed by atoms with Crippen LogP contribution in [0.4, 0.5) is 0 Å². The molecule has 3 heterocycles. The number of nitrogens with zero attached hydrogens (tertiary/aromatic N) is 3. The van der Waals surface area contributed by atoms with Gasteiger partial charge in [0.25, 0.3) is 10.0 Å². The van der Waals surface area contributed by atoms with Gasteiger partial charge in [-0.15, -0.1) is 0 Å². The third-order valence-electron chi connectivity index (χ3n) is 5.26. The van der Waals surface area contributed by atoms with Crippen LogP contribution in [0.3, 0.4) is 0 Å². The van der Waals surface area contributed by atoms with Crippen molar-refractivity contribution in [3.05, 3.63) is 12.5 Å². The summed E-state index contributed by atoms with van der Waals surface area (Å²) in [5.74, 6) is -0.0186. The van der Waals surface area contributed by atoms with Gasteiger partial charge in [-0.2, -0.15) is 4.31 Å². The maximum Gasteiger partial charge on any atom is 0.262 e. The molecule has 2 aliphatic rings. The Morgan fingerprint density at radius 1 is 1.22 bits per heavy atom. The molecular weight excluding hydrogens is 368 g/mol. The molecule has 0 bridgehead atoms. The van der Waals surface area contributed by atoms with Gasteiger partial charge in [-0.05, 0) is 19.4 Å². The second kappa shape index (κ2) is 9.47. The number of ether oxygens (including phenoxy) is 2. The lowest BCUT2D eigenvalue weighted by Crippen LogP contribution is -2.45. The third-order valence-corrected chi connectivity index (χ3v) is 6.97. The molecule has 1 aromatic heterocycles. The molecule has 154 valence electrons. The highest BCUT2D eigenvalue weighted by atomic mass is 32.2. The number of nitrogens with one attached hydrogen (secondary N) is 1. The molecule has 2 saturated heterocycles. The molecule has 1 aromatic rings. The van der Waals surface area contributed by atoms with E-state index in [1.54, 1.807) is 17.8 Å². The van der Waals surface area contributed by atoms with Gasteiger partial charge in [-0.1, -0.05) is 26.2 Å². The van der Waals surface area contributed by atoms with Crippen LogP contribution < -0.4 is 5.32 Å². The van der Waals surface area contributed by atoms with Crippen LogP contribution in [0.1, 0.15) is 39.0 Å². The topological polar surface area (TPSA) is 85.7 Å². The number of hydrogen-bond acceptors (Lipinski definition) is 6. The maximum atomic E-state index is 13.0. The molecule has 8 nitrogen and oxygen atoms in total. The molecule has 0 aromatic carbocycles. The van der Waals surface area contributed by atoms with Crippen molar-refractivity contribution in [2.24, 2.45) is 13.0 Å². The van der Waals surface area contributed by atoms with Gasteiger partial charge in [0.15, 0.2) is 11.3 Å². The zero-order chi connectivity index (χ0) is 19.3. The van der Waals surface area contributed by atoms with E-state index in [0.29, 0.717) is 26.3 Å². The average Bonchev–Trinajstić information content (AvgIpc) is 3.29. The summed E-state index contributed by atoms with van der Waals surface area (Å²) in [6.45, 7) is 5.20. The van der Waals surface area contributed by atoms with E-state index in [0.717, 1.165) is 19.4 Å². The summed E-state index contributed by atoms with van der Waals surface area (Å²) in [6.07, 6.45) is 8.30. The monoisotopic (exact) mass is 400 g/mol. The minimum atomic E-state index is -3.61. The van der Waals surface area contributed by atoms with Crippen molar-refractivity contribution in [2.45, 2.75) is 56.4 Å². The molecule has 0 spiro atoms. The second-order valence-electron chi connectivity index (χ2n) is 7.45. The summed E-state index contributed by atoms with van der Waals surface area (Å²) >= 11 is 0. The first-order valence-electron chi connectivity index (χ1n) is 9.97. The molecule has 0 radical (unpaired) electrons. The number of sulfonamides is 1. The average molecular weight is 401 g/mol. The first-order chi connectivity index (χ1) is 13.0. The van der Waals surface area contributed by atoms with Crippen LogP contribution in [0.2, 0.25) is 0 Å². The zero-order valence-electron chi connectivity index (χ0n) is 16.3. The fraction of sp³-hybridized carbons (Fsp3) is 0.833. The Morgan fingerprint density at radius 3 is 2.67 bits per heavy atom. The van der Waals surface area contributed by atoms with Crippen molar-refractivity contribution in [3.63, 3.8) is 0 Å². The van der Waals surface area contributed by atoms with Crippen molar-refractivity contribution in [3.8, 4) is 0 Å². The summed E-state index contributed by atoms with van der Waals surface area (Å²) < 4.78 is 40.7. The summed E-state index contributed by atoms with van der Waals surface area (Å²) in [4.78, 5) is 4.04. The zero-order valence-corrected chi connectivity index (χ0v) is 17.2. The van der Waals surface area contributed by atoms with E-state index in [4.69, 9.17) is 9.47 Å². The molecule has 1 N–H and O–H groups in total. The van der Waals surface area contributed by atoms with E-state index < -0.39 is 10.0 Å². The molecule has 9 heteroatoms. The van der Waals surface area contributed by atoms with Crippen LogP contribution >= 0.6 is 0 Å². The Labute approximate surface area is 162 Å². The van der Waals surface area contributed by atoms with Crippen LogP contribution in [0.25, 0.3) is 0 Å². The smallest absolute Gasteiger partial charge is 0.262 e. The SMILES string of the molecule is CCCCCCN[C@H]1CN(S(=O)(=O)c2cn(C)cn2)C[C@@H]1C1OCCCO1. The van der Waals surface area contributed by atoms with Crippen LogP contribution in [0, 0.1) is 5.92 Å². The summed E-state index contributed by atoms with van der Waals surface area (Å²) in [7, 11) is -1.84. The fourth-order valence-electron chi connectivity index (χ4n) is 3.73. The van der Waals surface area contributed by atoms with Crippen LogP contribution in [0.15, 0.2) is 17.6 Å². The van der Waals surface area contributed by atoms with Gasteiger partial charge in [0.2, 0.25) is 0 Å². The molecule has 0 aliphatic carbocycles. The van der Waals surface area contributed by atoms with Crippen molar-refractivity contribution in [1.29, 1.82) is 0 Å². The standard InChI is InChI=1S/C18H32N4O4S/c1-3-4-5-6-8-19-16-12-22(11-15(16)18-25-9-7-10-26-18)27(23,24)17-13-21(2)14-20-17/h13-16,18-19H,3-12H2,1-2H3/t15-,16-/m0/s1. The lowest BCUT2D eigenvalue weighted by atomic mass is 10.0. The van der Waals surface area contributed by atoms with Crippen LogP contribution in [-0.2, 0) is 26.5 Å². The molecular formula is C18H32N4O4S. The predicted octanol–water partition coefficient (Wildman–Crippen LogP) is 1.34. The van der Waals surface area contributed by atoms with Crippen molar-refractivity contribution in [1.82, 2.24) is 19.2 Å². The van der Waals surface area contributed by atoms with Crippen molar-refractivity contribution >= 4 is 10.0 Å². The van der Waals surface area contributed by atoms with Gasteiger partial charge in [0.1, 0.15) is 0 Å². The molecule has 0 saturated carbocycles. The number of aryl methyl sites for hydroxylation is 1. The second-order valence-corrected chi connectivity index (χ2v) is 9.33. The molecule has 2 fully saturated rings. The summed E-state index contributed by atoms with van der Waals surface area (Å²) in [6, 6.07) is 0.0215. The Morgan fingerprint density at radius 2 is 2.00 bits per heavy atom. The summed E-state index contributed by atoms with van der Waals surface area (Å²) in [5, 5.41) is 3.65. The van der Waals surface area contributed by atoms with Gasteiger partial charge >= 0.3 is 0 Å². The molecule has 0 amide bonds.